The summed E-state index contributed by atoms with van der Waals surface area (Å²) in [4.78, 5) is 3.88. The molecule has 146 valence electrons. The van der Waals surface area contributed by atoms with E-state index in [2.05, 4.69) is 84.8 Å². The van der Waals surface area contributed by atoms with Crippen LogP contribution in [0, 0.1) is 0 Å². The Kier molecular flexibility index (Phi) is 6.13. The zero-order valence-corrected chi connectivity index (χ0v) is 17.6. The Bertz CT molecular complexity index is 887. The molecule has 28 heavy (non-hydrogen) atoms. The summed E-state index contributed by atoms with van der Waals surface area (Å²) in [6.45, 7) is 7.70. The highest BCUT2D eigenvalue weighted by Crippen LogP contribution is 2.30. The Morgan fingerprint density at radius 2 is 1.86 bits per heavy atom. The van der Waals surface area contributed by atoms with E-state index in [0.717, 1.165) is 38.2 Å². The van der Waals surface area contributed by atoms with Gasteiger partial charge in [-0.15, -0.1) is 11.3 Å². The molecule has 0 saturated heterocycles. The van der Waals surface area contributed by atoms with Crippen molar-refractivity contribution in [2.75, 3.05) is 13.1 Å². The molecule has 2 nitrogen and oxygen atoms in total. The van der Waals surface area contributed by atoms with Crippen LogP contribution in [0.15, 0.2) is 66.0 Å². The average molecular weight is 392 g/mol. The molecule has 1 aliphatic heterocycles. The van der Waals surface area contributed by atoms with Gasteiger partial charge in [0.2, 0.25) is 0 Å². The molecule has 0 radical (unpaired) electrons. The van der Waals surface area contributed by atoms with E-state index >= 15 is 0 Å². The van der Waals surface area contributed by atoms with Crippen LogP contribution in [-0.4, -0.2) is 18.0 Å². The highest BCUT2D eigenvalue weighted by Gasteiger charge is 2.20. The topological polar surface area (TPSA) is 12.5 Å². The number of ether oxygens (including phenoxy) is 1. The summed E-state index contributed by atoms with van der Waals surface area (Å²) in [5.41, 5.74) is 4.32. The van der Waals surface area contributed by atoms with Crippen molar-refractivity contribution < 1.29 is 4.74 Å². The van der Waals surface area contributed by atoms with Gasteiger partial charge in [0.25, 0.3) is 0 Å². The number of thiophene rings is 1. The van der Waals surface area contributed by atoms with Gasteiger partial charge in [0, 0.05) is 30.9 Å². The molecule has 1 aliphatic rings. The summed E-state index contributed by atoms with van der Waals surface area (Å²) in [7, 11) is 0. The van der Waals surface area contributed by atoms with Crippen molar-refractivity contribution in [1.82, 2.24) is 4.90 Å². The Hall–Kier alpha value is -2.10. The van der Waals surface area contributed by atoms with E-state index in [1.165, 1.54) is 21.6 Å². The zero-order valence-electron chi connectivity index (χ0n) is 16.8. The Balaban J connectivity index is 1.44. The smallest absolute Gasteiger partial charge is 0.134 e. The van der Waals surface area contributed by atoms with Gasteiger partial charge in [0.05, 0.1) is 0 Å². The minimum Gasteiger partial charge on any atom is -0.485 e. The maximum Gasteiger partial charge on any atom is 0.134 e. The van der Waals surface area contributed by atoms with Gasteiger partial charge in [0.15, 0.2) is 0 Å². The first-order valence-corrected chi connectivity index (χ1v) is 11.2. The van der Waals surface area contributed by atoms with Crippen LogP contribution in [-0.2, 0) is 13.0 Å². The lowest BCUT2D eigenvalue weighted by atomic mass is 9.99. The second-order valence-corrected chi connectivity index (χ2v) is 8.91. The standard InChI is InChI=1S/C25H29NOS/c1-19(2)21-9-5-10-23(17-21)27-24(25-11-6-16-28-25)13-15-26-14-12-20-7-3-4-8-22(20)18-26/h3-11,16-17,19,24H,12-15,18H2,1-2H3. The highest BCUT2D eigenvalue weighted by atomic mass is 32.1. The van der Waals surface area contributed by atoms with E-state index in [1.807, 2.05) is 0 Å². The molecule has 0 saturated carbocycles. The highest BCUT2D eigenvalue weighted by molar-refractivity contribution is 7.10. The molecule has 0 aliphatic carbocycles. The quantitative estimate of drug-likeness (QED) is 0.459. The van der Waals surface area contributed by atoms with Crippen LogP contribution >= 0.6 is 11.3 Å². The largest absolute Gasteiger partial charge is 0.485 e. The van der Waals surface area contributed by atoms with Crippen LogP contribution in [0.2, 0.25) is 0 Å². The van der Waals surface area contributed by atoms with Gasteiger partial charge in [-0.3, -0.25) is 4.90 Å². The first kappa shape index (κ1) is 19.2. The molecule has 1 unspecified atom stereocenters. The van der Waals surface area contributed by atoms with Crippen LogP contribution in [0.4, 0.5) is 0 Å². The van der Waals surface area contributed by atoms with E-state index in [0.29, 0.717) is 5.92 Å². The normalized spacial score (nSPS) is 15.4. The number of rotatable bonds is 7. The molecule has 0 fully saturated rings. The summed E-state index contributed by atoms with van der Waals surface area (Å²) in [6.07, 6.45) is 2.27. The second-order valence-electron chi connectivity index (χ2n) is 7.93. The van der Waals surface area contributed by atoms with Gasteiger partial charge in [-0.25, -0.2) is 0 Å². The minimum atomic E-state index is 0.111. The molecule has 2 heterocycles. The maximum absolute atomic E-state index is 6.49. The molecular formula is C25H29NOS. The first-order valence-electron chi connectivity index (χ1n) is 10.3. The van der Waals surface area contributed by atoms with Gasteiger partial charge in [-0.1, -0.05) is 56.3 Å². The van der Waals surface area contributed by atoms with Gasteiger partial charge in [-0.2, -0.15) is 0 Å². The van der Waals surface area contributed by atoms with Gasteiger partial charge < -0.3 is 4.74 Å². The van der Waals surface area contributed by atoms with Crippen molar-refractivity contribution in [2.24, 2.45) is 0 Å². The monoisotopic (exact) mass is 391 g/mol. The number of fused-ring (bicyclic) bond motifs is 1. The lowest BCUT2D eigenvalue weighted by Gasteiger charge is -2.30. The molecule has 1 aromatic heterocycles. The van der Waals surface area contributed by atoms with Crippen molar-refractivity contribution >= 4 is 11.3 Å². The lowest BCUT2D eigenvalue weighted by molar-refractivity contribution is 0.160. The second kappa shape index (κ2) is 8.93. The maximum atomic E-state index is 6.49. The minimum absolute atomic E-state index is 0.111. The number of nitrogens with zero attached hydrogens (tertiary/aromatic N) is 1. The number of benzene rings is 2. The van der Waals surface area contributed by atoms with E-state index < -0.39 is 0 Å². The van der Waals surface area contributed by atoms with E-state index in [4.69, 9.17) is 4.74 Å². The third-order valence-corrected chi connectivity index (χ3v) is 6.55. The van der Waals surface area contributed by atoms with Crippen LogP contribution in [0.1, 0.15) is 53.9 Å². The molecule has 3 heteroatoms. The molecule has 0 bridgehead atoms. The Labute approximate surface area is 172 Å². The van der Waals surface area contributed by atoms with Crippen molar-refractivity contribution in [2.45, 2.75) is 45.3 Å². The van der Waals surface area contributed by atoms with Crippen molar-refractivity contribution in [3.05, 3.63) is 87.6 Å². The molecule has 3 aromatic rings. The lowest BCUT2D eigenvalue weighted by Crippen LogP contribution is -2.32. The molecule has 0 spiro atoms. The van der Waals surface area contributed by atoms with Crippen molar-refractivity contribution in [1.29, 1.82) is 0 Å². The first-order chi connectivity index (χ1) is 13.7. The predicted octanol–water partition coefficient (Wildman–Crippen LogP) is 6.44. The van der Waals surface area contributed by atoms with E-state index in [1.54, 1.807) is 11.3 Å². The predicted molar refractivity (Wildman–Crippen MR) is 118 cm³/mol. The zero-order chi connectivity index (χ0) is 19.3. The molecule has 1 atom stereocenters. The van der Waals surface area contributed by atoms with Gasteiger partial charge in [0.1, 0.15) is 11.9 Å². The average Bonchev–Trinajstić information content (AvgIpc) is 3.26. The SMILES string of the molecule is CC(C)c1cccc(OC(CCN2CCc3ccccc3C2)c2cccs2)c1. The van der Waals surface area contributed by atoms with Crippen molar-refractivity contribution in [3.8, 4) is 5.75 Å². The van der Waals surface area contributed by atoms with Crippen LogP contribution in [0.3, 0.4) is 0 Å². The summed E-state index contributed by atoms with van der Waals surface area (Å²) < 4.78 is 6.49. The summed E-state index contributed by atoms with van der Waals surface area (Å²) in [5.74, 6) is 1.49. The third-order valence-electron chi connectivity index (χ3n) is 5.58. The molecular weight excluding hydrogens is 362 g/mol. The van der Waals surface area contributed by atoms with E-state index in [9.17, 15) is 0 Å². The van der Waals surface area contributed by atoms with Gasteiger partial charge in [-0.05, 0) is 52.6 Å². The van der Waals surface area contributed by atoms with Crippen LogP contribution in [0.5, 0.6) is 5.75 Å². The van der Waals surface area contributed by atoms with Gasteiger partial charge >= 0.3 is 0 Å². The molecule has 0 amide bonds. The van der Waals surface area contributed by atoms with Crippen molar-refractivity contribution in [3.63, 3.8) is 0 Å². The van der Waals surface area contributed by atoms with Crippen LogP contribution < -0.4 is 4.74 Å². The summed E-state index contributed by atoms with van der Waals surface area (Å²) in [6, 6.07) is 21.7. The number of hydrogen-bond donors (Lipinski definition) is 0. The molecule has 4 rings (SSSR count). The number of hydrogen-bond acceptors (Lipinski definition) is 3. The Morgan fingerprint density at radius 1 is 1.00 bits per heavy atom. The Morgan fingerprint density at radius 3 is 2.64 bits per heavy atom. The van der Waals surface area contributed by atoms with E-state index in [-0.39, 0.29) is 6.10 Å². The summed E-state index contributed by atoms with van der Waals surface area (Å²) in [5, 5.41) is 2.15. The fraction of sp³-hybridized carbons (Fsp3) is 0.360. The molecule has 0 N–H and O–H groups in total. The fourth-order valence-electron chi connectivity index (χ4n) is 3.89. The third kappa shape index (κ3) is 4.65. The van der Waals surface area contributed by atoms with Crippen LogP contribution in [0.25, 0.3) is 0 Å². The fourth-order valence-corrected chi connectivity index (χ4v) is 4.68. The summed E-state index contributed by atoms with van der Waals surface area (Å²) >= 11 is 1.79. The molecule has 2 aromatic carbocycles.